The predicted molar refractivity (Wildman–Crippen MR) is 86.8 cm³/mol. The van der Waals surface area contributed by atoms with Crippen molar-refractivity contribution < 1.29 is 0 Å². The zero-order valence-electron chi connectivity index (χ0n) is 12.2. The summed E-state index contributed by atoms with van der Waals surface area (Å²) in [5.41, 5.74) is 2.53. The van der Waals surface area contributed by atoms with E-state index >= 15 is 0 Å². The van der Waals surface area contributed by atoms with Gasteiger partial charge >= 0.3 is 0 Å². The van der Waals surface area contributed by atoms with Gasteiger partial charge in [0.05, 0.1) is 0 Å². The third-order valence-electron chi connectivity index (χ3n) is 4.20. The van der Waals surface area contributed by atoms with Crippen LogP contribution in [0.1, 0.15) is 32.3 Å². The molecule has 1 aliphatic rings. The van der Waals surface area contributed by atoms with Crippen LogP contribution in [0.3, 0.4) is 0 Å². The van der Waals surface area contributed by atoms with Gasteiger partial charge in [0.2, 0.25) is 0 Å². The first-order chi connectivity index (χ1) is 9.10. The normalized spacial score (nSPS) is 22.2. The molecule has 1 fully saturated rings. The summed E-state index contributed by atoms with van der Waals surface area (Å²) in [5.74, 6) is 0.751. The molecule has 0 saturated carbocycles. The van der Waals surface area contributed by atoms with Gasteiger partial charge in [-0.25, -0.2) is 0 Å². The Balaban J connectivity index is 2.00. The summed E-state index contributed by atoms with van der Waals surface area (Å²) in [4.78, 5) is 2.57. The fourth-order valence-corrected chi connectivity index (χ4v) is 3.26. The Morgan fingerprint density at radius 2 is 2.26 bits per heavy atom. The summed E-state index contributed by atoms with van der Waals surface area (Å²) in [7, 11) is 0. The van der Waals surface area contributed by atoms with Crippen LogP contribution < -0.4 is 5.32 Å². The van der Waals surface area contributed by atoms with Gasteiger partial charge in [0.25, 0.3) is 0 Å². The van der Waals surface area contributed by atoms with E-state index in [0.717, 1.165) is 10.4 Å². The van der Waals surface area contributed by atoms with Crippen molar-refractivity contribution in [3.8, 4) is 0 Å². The highest BCUT2D eigenvalue weighted by molar-refractivity contribution is 9.10. The van der Waals surface area contributed by atoms with Crippen LogP contribution in [0.25, 0.3) is 0 Å². The van der Waals surface area contributed by atoms with Crippen molar-refractivity contribution in [1.82, 2.24) is 4.90 Å². The maximum atomic E-state index is 3.69. The molecular formula is C16H25BrN2. The molecule has 2 nitrogen and oxygen atoms in total. The quantitative estimate of drug-likeness (QED) is 0.888. The van der Waals surface area contributed by atoms with Gasteiger partial charge in [-0.3, -0.25) is 0 Å². The third-order valence-corrected chi connectivity index (χ3v) is 4.89. The second-order valence-electron chi connectivity index (χ2n) is 5.71. The van der Waals surface area contributed by atoms with Crippen LogP contribution in [0.5, 0.6) is 0 Å². The second kappa shape index (κ2) is 6.76. The minimum atomic E-state index is 0.521. The van der Waals surface area contributed by atoms with Crippen LogP contribution >= 0.6 is 15.9 Å². The van der Waals surface area contributed by atoms with E-state index in [2.05, 4.69) is 65.1 Å². The summed E-state index contributed by atoms with van der Waals surface area (Å²) in [5, 5.41) is 3.69. The lowest BCUT2D eigenvalue weighted by molar-refractivity contribution is 0.172. The van der Waals surface area contributed by atoms with E-state index in [9.17, 15) is 0 Å². The lowest BCUT2D eigenvalue weighted by Crippen LogP contribution is -2.41. The van der Waals surface area contributed by atoms with Crippen LogP contribution in [0.15, 0.2) is 22.7 Å². The van der Waals surface area contributed by atoms with E-state index in [1.54, 1.807) is 0 Å². The number of halogens is 1. The molecule has 1 aromatic rings. The third kappa shape index (κ3) is 3.96. The number of rotatable bonds is 4. The van der Waals surface area contributed by atoms with Crippen LogP contribution in [0.4, 0.5) is 5.69 Å². The Hall–Kier alpha value is -0.540. The minimum absolute atomic E-state index is 0.521. The van der Waals surface area contributed by atoms with Crippen molar-refractivity contribution in [3.05, 3.63) is 28.2 Å². The number of hydrogen-bond acceptors (Lipinski definition) is 2. The molecule has 2 atom stereocenters. The van der Waals surface area contributed by atoms with Gasteiger partial charge in [-0.15, -0.1) is 0 Å². The van der Waals surface area contributed by atoms with Crippen molar-refractivity contribution in [2.45, 2.75) is 39.7 Å². The molecule has 0 aromatic heterocycles. The number of nitrogens with one attached hydrogen (secondary N) is 1. The molecular weight excluding hydrogens is 300 g/mol. The van der Waals surface area contributed by atoms with Gasteiger partial charge in [0.15, 0.2) is 0 Å². The molecule has 0 spiro atoms. The highest BCUT2D eigenvalue weighted by Gasteiger charge is 2.24. The summed E-state index contributed by atoms with van der Waals surface area (Å²) in [6.45, 7) is 10.4. The molecule has 19 heavy (non-hydrogen) atoms. The fourth-order valence-electron chi connectivity index (χ4n) is 2.90. The van der Waals surface area contributed by atoms with Gasteiger partial charge in [0, 0.05) is 22.7 Å². The van der Waals surface area contributed by atoms with E-state index in [1.807, 2.05) is 0 Å². The smallest absolute Gasteiger partial charge is 0.0489 e. The largest absolute Gasteiger partial charge is 0.381 e. The Morgan fingerprint density at radius 1 is 1.47 bits per heavy atom. The topological polar surface area (TPSA) is 15.3 Å². The van der Waals surface area contributed by atoms with Crippen LogP contribution in [0, 0.1) is 12.8 Å². The maximum Gasteiger partial charge on any atom is 0.0489 e. The summed E-state index contributed by atoms with van der Waals surface area (Å²) in [6, 6.07) is 7.01. The van der Waals surface area contributed by atoms with Crippen molar-refractivity contribution >= 4 is 21.6 Å². The zero-order valence-corrected chi connectivity index (χ0v) is 13.8. The lowest BCUT2D eigenvalue weighted by Gasteiger charge is -2.36. The summed E-state index contributed by atoms with van der Waals surface area (Å²) >= 11 is 3.64. The van der Waals surface area contributed by atoms with Gasteiger partial charge in [-0.2, -0.15) is 0 Å². The maximum absolute atomic E-state index is 3.69. The highest BCUT2D eigenvalue weighted by atomic mass is 79.9. The molecule has 3 heteroatoms. The molecule has 0 radical (unpaired) electrons. The summed E-state index contributed by atoms with van der Waals surface area (Å²) in [6.07, 6.45) is 2.67. The number of piperidine rings is 1. The molecule has 0 amide bonds. The number of nitrogens with zero attached hydrogens (tertiary/aromatic N) is 1. The SMILES string of the molecule is CCN1CCCC(C(C)Nc2cc(C)ccc2Br)C1. The van der Waals surface area contributed by atoms with E-state index in [4.69, 9.17) is 0 Å². The van der Waals surface area contributed by atoms with E-state index in [1.165, 1.54) is 43.7 Å². The first-order valence-electron chi connectivity index (χ1n) is 7.35. The van der Waals surface area contributed by atoms with E-state index in [0.29, 0.717) is 6.04 Å². The standard InChI is InChI=1S/C16H25BrN2/c1-4-19-9-5-6-14(11-19)13(3)18-16-10-12(2)7-8-15(16)17/h7-8,10,13-14,18H,4-6,9,11H2,1-3H3. The average Bonchev–Trinajstić information content (AvgIpc) is 2.43. The molecule has 2 rings (SSSR count). The molecule has 1 aliphatic heterocycles. The van der Waals surface area contributed by atoms with Crippen LogP contribution in [-0.2, 0) is 0 Å². The molecule has 1 N–H and O–H groups in total. The van der Waals surface area contributed by atoms with Crippen molar-refractivity contribution in [2.75, 3.05) is 25.0 Å². The van der Waals surface area contributed by atoms with Crippen LogP contribution in [0.2, 0.25) is 0 Å². The van der Waals surface area contributed by atoms with Gasteiger partial charge < -0.3 is 10.2 Å². The molecule has 1 heterocycles. The first kappa shape index (κ1) is 14.9. The average molecular weight is 325 g/mol. The van der Waals surface area contributed by atoms with Crippen molar-refractivity contribution in [2.24, 2.45) is 5.92 Å². The highest BCUT2D eigenvalue weighted by Crippen LogP contribution is 2.27. The molecule has 1 aromatic carbocycles. The first-order valence-corrected chi connectivity index (χ1v) is 8.14. The van der Waals surface area contributed by atoms with E-state index < -0.39 is 0 Å². The molecule has 106 valence electrons. The monoisotopic (exact) mass is 324 g/mol. The van der Waals surface area contributed by atoms with Gasteiger partial charge in [-0.05, 0) is 79.3 Å². The Bertz CT molecular complexity index is 419. The number of likely N-dealkylation sites (tertiary alicyclic amines) is 1. The number of anilines is 1. The Morgan fingerprint density at radius 3 is 3.00 bits per heavy atom. The fraction of sp³-hybridized carbons (Fsp3) is 0.625. The number of aryl methyl sites for hydroxylation is 1. The van der Waals surface area contributed by atoms with Crippen molar-refractivity contribution in [1.29, 1.82) is 0 Å². The second-order valence-corrected chi connectivity index (χ2v) is 6.57. The molecule has 0 aliphatic carbocycles. The minimum Gasteiger partial charge on any atom is -0.381 e. The predicted octanol–water partition coefficient (Wildman–Crippen LogP) is 4.29. The molecule has 1 saturated heterocycles. The lowest BCUT2D eigenvalue weighted by atomic mass is 9.91. The van der Waals surface area contributed by atoms with Gasteiger partial charge in [-0.1, -0.05) is 13.0 Å². The Labute approximate surface area is 125 Å². The molecule has 0 bridgehead atoms. The Kier molecular flexibility index (Phi) is 5.28. The summed E-state index contributed by atoms with van der Waals surface area (Å²) < 4.78 is 1.16. The van der Waals surface area contributed by atoms with Crippen molar-refractivity contribution in [3.63, 3.8) is 0 Å². The van der Waals surface area contributed by atoms with Gasteiger partial charge in [0.1, 0.15) is 0 Å². The van der Waals surface area contributed by atoms with E-state index in [-0.39, 0.29) is 0 Å². The number of benzene rings is 1. The zero-order chi connectivity index (χ0) is 13.8. The number of hydrogen-bond donors (Lipinski definition) is 1. The van der Waals surface area contributed by atoms with Crippen LogP contribution in [-0.4, -0.2) is 30.6 Å². The molecule has 2 unspecified atom stereocenters.